The predicted octanol–water partition coefficient (Wildman–Crippen LogP) is 3.11. The van der Waals surface area contributed by atoms with Crippen molar-refractivity contribution in [1.29, 1.82) is 0 Å². The lowest BCUT2D eigenvalue weighted by atomic mass is 9.78. The van der Waals surface area contributed by atoms with Crippen molar-refractivity contribution >= 4 is 12.4 Å². The monoisotopic (exact) mass is 237 g/mol. The van der Waals surface area contributed by atoms with Crippen molar-refractivity contribution in [2.24, 2.45) is 0 Å². The van der Waals surface area contributed by atoms with Crippen molar-refractivity contribution in [3.63, 3.8) is 0 Å². The third kappa shape index (κ3) is 2.28. The van der Waals surface area contributed by atoms with Crippen LogP contribution in [-0.4, -0.2) is 12.1 Å². The summed E-state index contributed by atoms with van der Waals surface area (Å²) in [6.45, 7) is -5.20. The molecular weight excluding hydrogens is 228 g/mol. The summed E-state index contributed by atoms with van der Waals surface area (Å²) in [6.07, 6.45) is 0. The fraction of sp³-hybridized carbons (Fsp3) is 0. The van der Waals surface area contributed by atoms with Crippen LogP contribution in [0.3, 0.4) is 0 Å². The van der Waals surface area contributed by atoms with Crippen LogP contribution in [0.5, 0.6) is 5.75 Å². The fourth-order valence-corrected chi connectivity index (χ4v) is 1.68. The van der Waals surface area contributed by atoms with Gasteiger partial charge in [-0.15, -0.1) is 0 Å². The third-order valence-corrected chi connectivity index (χ3v) is 2.50. The van der Waals surface area contributed by atoms with Crippen molar-refractivity contribution in [2.45, 2.75) is 0 Å². The van der Waals surface area contributed by atoms with Gasteiger partial charge in [-0.25, -0.2) is 0 Å². The first-order valence-corrected chi connectivity index (χ1v) is 5.07. The van der Waals surface area contributed by atoms with Gasteiger partial charge >= 0.3 is 6.98 Å². The van der Waals surface area contributed by atoms with Crippen LogP contribution in [0.2, 0.25) is 0 Å². The molecule has 2 rings (SSSR count). The van der Waals surface area contributed by atoms with Gasteiger partial charge in [0.15, 0.2) is 0 Å². The fourth-order valence-electron chi connectivity index (χ4n) is 1.68. The third-order valence-electron chi connectivity index (χ3n) is 2.50. The second-order valence-corrected chi connectivity index (χ2v) is 3.68. The first kappa shape index (κ1) is 11.6. The average molecular weight is 237 g/mol. The Kier molecular flexibility index (Phi) is 2.83. The van der Waals surface area contributed by atoms with E-state index in [-0.39, 0.29) is 5.56 Å². The smallest absolute Gasteiger partial charge is 0.510 e. The molecule has 0 atom stereocenters. The molecule has 0 aliphatic heterocycles. The average Bonchev–Trinajstić information content (AvgIpc) is 2.29. The summed E-state index contributed by atoms with van der Waals surface area (Å²) in [4.78, 5) is 0. The van der Waals surface area contributed by atoms with E-state index < -0.39 is 18.2 Å². The molecule has 0 radical (unpaired) electrons. The van der Waals surface area contributed by atoms with Crippen LogP contribution < -0.4 is 5.46 Å². The van der Waals surface area contributed by atoms with Crippen LogP contribution in [-0.2, 0) is 0 Å². The Balaban J connectivity index is 2.58. The first-order chi connectivity index (χ1) is 8.00. The largest absolute Gasteiger partial charge is 0.513 e. The van der Waals surface area contributed by atoms with Crippen LogP contribution in [0.1, 0.15) is 0 Å². The summed E-state index contributed by atoms with van der Waals surface area (Å²) >= 11 is 0. The van der Waals surface area contributed by atoms with Gasteiger partial charge in [0.05, 0.1) is 5.75 Å². The molecule has 0 bridgehead atoms. The van der Waals surface area contributed by atoms with Gasteiger partial charge in [-0.3, -0.25) is 0 Å². The van der Waals surface area contributed by atoms with E-state index in [0.717, 1.165) is 6.07 Å². The maximum atomic E-state index is 12.6. The number of aromatic hydroxyl groups is 1. The maximum absolute atomic E-state index is 12.6. The standard InChI is InChI=1S/C12H9BF3O/c14-13(15,16)11-8-4-7-10(12(11)17)9-5-2-1-3-6-9/h1-8,17H/q-1. The van der Waals surface area contributed by atoms with Gasteiger partial charge in [-0.1, -0.05) is 54.0 Å². The maximum Gasteiger partial charge on any atom is 0.513 e. The van der Waals surface area contributed by atoms with E-state index in [1.807, 2.05) is 0 Å². The topological polar surface area (TPSA) is 20.2 Å². The molecule has 0 aliphatic carbocycles. The molecule has 17 heavy (non-hydrogen) atoms. The van der Waals surface area contributed by atoms with E-state index in [1.165, 1.54) is 12.1 Å². The van der Waals surface area contributed by atoms with Gasteiger partial charge in [0, 0.05) is 5.56 Å². The number of halogens is 3. The normalized spacial score (nSPS) is 11.5. The molecule has 0 aromatic heterocycles. The molecule has 88 valence electrons. The van der Waals surface area contributed by atoms with E-state index in [9.17, 15) is 18.1 Å². The summed E-state index contributed by atoms with van der Waals surface area (Å²) in [5.41, 5.74) is -0.194. The molecule has 2 aromatic carbocycles. The Hall–Kier alpha value is -1.91. The van der Waals surface area contributed by atoms with E-state index in [2.05, 4.69) is 0 Å². The Labute approximate surface area is 96.6 Å². The van der Waals surface area contributed by atoms with Gasteiger partial charge in [0.25, 0.3) is 0 Å². The quantitative estimate of drug-likeness (QED) is 0.795. The Morgan fingerprint density at radius 1 is 0.824 bits per heavy atom. The second kappa shape index (κ2) is 4.16. The number of hydrogen-bond donors (Lipinski definition) is 1. The van der Waals surface area contributed by atoms with Gasteiger partial charge in [-0.2, -0.15) is 0 Å². The second-order valence-electron chi connectivity index (χ2n) is 3.68. The first-order valence-electron chi connectivity index (χ1n) is 5.07. The highest BCUT2D eigenvalue weighted by Crippen LogP contribution is 2.29. The minimum Gasteiger partial charge on any atom is -0.510 e. The zero-order chi connectivity index (χ0) is 12.5. The Bertz CT molecular complexity index is 523. The van der Waals surface area contributed by atoms with Crippen LogP contribution in [0.15, 0.2) is 48.5 Å². The van der Waals surface area contributed by atoms with E-state index in [4.69, 9.17) is 0 Å². The SMILES string of the molecule is Oc1c(-c2ccccc2)cccc1[B-](F)(F)F. The zero-order valence-corrected chi connectivity index (χ0v) is 8.78. The molecule has 1 N–H and O–H groups in total. The van der Waals surface area contributed by atoms with Crippen LogP contribution in [0, 0.1) is 0 Å². The molecule has 0 saturated heterocycles. The van der Waals surface area contributed by atoms with Crippen molar-refractivity contribution in [2.75, 3.05) is 0 Å². The van der Waals surface area contributed by atoms with E-state index >= 15 is 0 Å². The molecular formula is C12H9BF3O-. The van der Waals surface area contributed by atoms with Crippen LogP contribution in [0.25, 0.3) is 11.1 Å². The summed E-state index contributed by atoms with van der Waals surface area (Å²) in [6, 6.07) is 12.1. The van der Waals surface area contributed by atoms with Crippen LogP contribution in [0.4, 0.5) is 12.9 Å². The van der Waals surface area contributed by atoms with Gasteiger partial charge in [-0.05, 0) is 5.56 Å². The number of phenolic OH excluding ortho intramolecular Hbond substituents is 1. The molecule has 1 nitrogen and oxygen atoms in total. The lowest BCUT2D eigenvalue weighted by Gasteiger charge is -2.18. The van der Waals surface area contributed by atoms with Crippen molar-refractivity contribution in [3.05, 3.63) is 48.5 Å². The zero-order valence-electron chi connectivity index (χ0n) is 8.78. The van der Waals surface area contributed by atoms with Crippen molar-refractivity contribution < 1.29 is 18.1 Å². The molecule has 2 aromatic rings. The number of phenols is 1. The predicted molar refractivity (Wildman–Crippen MR) is 62.3 cm³/mol. The molecule has 5 heteroatoms. The molecule has 0 amide bonds. The summed E-state index contributed by atoms with van der Waals surface area (Å²) in [7, 11) is 0. The summed E-state index contributed by atoms with van der Waals surface area (Å²) in [5, 5.41) is 9.67. The number of rotatable bonds is 2. The molecule has 0 unspecified atom stereocenters. The molecule has 0 spiro atoms. The lowest BCUT2D eigenvalue weighted by molar-refractivity contribution is 0.465. The molecule has 0 saturated carbocycles. The molecule has 0 aliphatic rings. The van der Waals surface area contributed by atoms with E-state index in [0.29, 0.717) is 5.56 Å². The highest BCUT2D eigenvalue weighted by molar-refractivity contribution is 6.74. The van der Waals surface area contributed by atoms with Gasteiger partial charge in [0.1, 0.15) is 0 Å². The highest BCUT2D eigenvalue weighted by atomic mass is 19.4. The van der Waals surface area contributed by atoms with Gasteiger partial charge < -0.3 is 18.1 Å². The molecule has 0 heterocycles. The minimum absolute atomic E-state index is 0.197. The Morgan fingerprint density at radius 2 is 1.47 bits per heavy atom. The van der Waals surface area contributed by atoms with Gasteiger partial charge in [0.2, 0.25) is 0 Å². The number of benzene rings is 2. The Morgan fingerprint density at radius 3 is 2.06 bits per heavy atom. The molecule has 0 fully saturated rings. The number of para-hydroxylation sites is 1. The number of hydrogen-bond acceptors (Lipinski definition) is 1. The van der Waals surface area contributed by atoms with Crippen LogP contribution >= 0.6 is 0 Å². The minimum atomic E-state index is -5.20. The lowest BCUT2D eigenvalue weighted by Crippen LogP contribution is -2.34. The summed E-state index contributed by atoms with van der Waals surface area (Å²) < 4.78 is 37.9. The van der Waals surface area contributed by atoms with E-state index in [1.54, 1.807) is 30.3 Å². The summed E-state index contributed by atoms with van der Waals surface area (Å²) in [5.74, 6) is -0.703. The highest BCUT2D eigenvalue weighted by Gasteiger charge is 2.29. The van der Waals surface area contributed by atoms with Crippen molar-refractivity contribution in [1.82, 2.24) is 0 Å². The van der Waals surface area contributed by atoms with Crippen molar-refractivity contribution in [3.8, 4) is 16.9 Å².